The molecule has 86 valence electrons. The number of nitrogens with one attached hydrogen (secondary N) is 1. The molecule has 0 bridgehead atoms. The number of aromatic nitrogens is 1. The van der Waals surface area contributed by atoms with Crippen LogP contribution in [0, 0.1) is 6.92 Å². The van der Waals surface area contributed by atoms with Gasteiger partial charge in [-0.15, -0.1) is 0 Å². The smallest absolute Gasteiger partial charge is 0.341 e. The first-order valence-corrected chi connectivity index (χ1v) is 4.17. The lowest BCUT2D eigenvalue weighted by atomic mass is 10.2. The van der Waals surface area contributed by atoms with E-state index in [-0.39, 0.29) is 22.9 Å². The average molecular weight is 227 g/mol. The number of carbonyl (C=O) groups excluding carboxylic acids is 1. The van der Waals surface area contributed by atoms with Gasteiger partial charge >= 0.3 is 5.97 Å². The molecule has 8 nitrogen and oxygen atoms in total. The van der Waals surface area contributed by atoms with Gasteiger partial charge in [0.1, 0.15) is 17.2 Å². The highest BCUT2D eigenvalue weighted by Crippen LogP contribution is 2.12. The number of carboxylic acids is 1. The number of aryl methyl sites for hydroxylation is 1. The highest BCUT2D eigenvalue weighted by atomic mass is 16.5. The van der Waals surface area contributed by atoms with Crippen LogP contribution in [-0.4, -0.2) is 33.2 Å². The third kappa shape index (κ3) is 2.16. The van der Waals surface area contributed by atoms with Gasteiger partial charge in [-0.25, -0.2) is 4.79 Å². The predicted octanol–water partition coefficient (Wildman–Crippen LogP) is 0.219. The molecule has 0 aliphatic heterocycles. The molecule has 0 radical (unpaired) electrons. The summed E-state index contributed by atoms with van der Waals surface area (Å²) >= 11 is 0. The van der Waals surface area contributed by atoms with Crippen molar-refractivity contribution in [3.63, 3.8) is 0 Å². The van der Waals surface area contributed by atoms with Crippen molar-refractivity contribution >= 4 is 17.7 Å². The third-order valence-electron chi connectivity index (χ3n) is 1.74. The molecular formula is C8H9N3O5. The average Bonchev–Trinajstić information content (AvgIpc) is 2.59. The number of carboxylic acid groups (broad SMARTS) is 1. The lowest BCUT2D eigenvalue weighted by Gasteiger charge is -1.99. The fourth-order valence-electron chi connectivity index (χ4n) is 1.03. The van der Waals surface area contributed by atoms with E-state index in [1.54, 1.807) is 0 Å². The van der Waals surface area contributed by atoms with E-state index in [1.807, 2.05) is 0 Å². The highest BCUT2D eigenvalue weighted by molar-refractivity contribution is 6.09. The molecule has 1 aromatic rings. The molecule has 0 fully saturated rings. The Morgan fingerprint density at radius 3 is 2.62 bits per heavy atom. The summed E-state index contributed by atoms with van der Waals surface area (Å²) in [4.78, 5) is 22.3. The molecule has 0 saturated heterocycles. The maximum absolute atomic E-state index is 11.5. The molecule has 1 rings (SSSR count). The molecule has 16 heavy (non-hydrogen) atoms. The van der Waals surface area contributed by atoms with E-state index < -0.39 is 11.9 Å². The van der Waals surface area contributed by atoms with Crippen LogP contribution < -0.4 is 5.32 Å². The van der Waals surface area contributed by atoms with Crippen LogP contribution in [-0.2, 0) is 0 Å². The van der Waals surface area contributed by atoms with E-state index in [4.69, 9.17) is 10.3 Å². The van der Waals surface area contributed by atoms with Crippen LogP contribution in [0.3, 0.4) is 0 Å². The minimum absolute atomic E-state index is 0.0243. The number of oxime groups is 1. The zero-order valence-electron chi connectivity index (χ0n) is 8.51. The van der Waals surface area contributed by atoms with Crippen LogP contribution in [0.4, 0.5) is 0 Å². The second-order valence-electron chi connectivity index (χ2n) is 2.91. The fraction of sp³-hybridized carbons (Fsp3) is 0.250. The molecule has 0 aliphatic rings. The summed E-state index contributed by atoms with van der Waals surface area (Å²) in [5, 5.41) is 25.3. The van der Waals surface area contributed by atoms with Crippen LogP contribution >= 0.6 is 0 Å². The minimum Gasteiger partial charge on any atom is -0.477 e. The first kappa shape index (κ1) is 11.7. The molecule has 0 spiro atoms. The Labute approximate surface area is 89.5 Å². The Morgan fingerprint density at radius 1 is 1.50 bits per heavy atom. The van der Waals surface area contributed by atoms with Crippen LogP contribution in [0.5, 0.6) is 0 Å². The Balaban J connectivity index is 3.05. The van der Waals surface area contributed by atoms with Gasteiger partial charge in [-0.1, -0.05) is 10.3 Å². The van der Waals surface area contributed by atoms with Crippen molar-refractivity contribution in [2.45, 2.75) is 13.8 Å². The number of rotatable bonds is 2. The highest BCUT2D eigenvalue weighted by Gasteiger charge is 2.25. The molecule has 0 saturated carbocycles. The van der Waals surface area contributed by atoms with Gasteiger partial charge in [0, 0.05) is 0 Å². The Kier molecular flexibility index (Phi) is 3.24. The maximum Gasteiger partial charge on any atom is 0.341 e. The largest absolute Gasteiger partial charge is 0.477 e. The Morgan fingerprint density at radius 2 is 2.12 bits per heavy atom. The molecule has 1 heterocycles. The Hall–Kier alpha value is -2.38. The topological polar surface area (TPSA) is 125 Å². The lowest BCUT2D eigenvalue weighted by molar-refractivity contribution is 0.0690. The van der Waals surface area contributed by atoms with Crippen LogP contribution in [0.1, 0.15) is 33.5 Å². The van der Waals surface area contributed by atoms with Crippen molar-refractivity contribution in [3.8, 4) is 0 Å². The van der Waals surface area contributed by atoms with Crippen LogP contribution in [0.2, 0.25) is 0 Å². The number of amides is 1. The first-order valence-electron chi connectivity index (χ1n) is 4.17. The Bertz CT molecular complexity index is 462. The number of carbonyl (C=O) groups is 2. The summed E-state index contributed by atoms with van der Waals surface area (Å²) in [6.07, 6.45) is 0. The second kappa shape index (κ2) is 4.43. The van der Waals surface area contributed by atoms with Crippen molar-refractivity contribution in [1.29, 1.82) is 0 Å². The number of amidine groups is 1. The summed E-state index contributed by atoms with van der Waals surface area (Å²) in [6.45, 7) is 2.70. The summed E-state index contributed by atoms with van der Waals surface area (Å²) in [5.74, 6) is -2.19. The molecule has 1 aromatic heterocycles. The summed E-state index contributed by atoms with van der Waals surface area (Å²) < 4.78 is 4.60. The van der Waals surface area contributed by atoms with Gasteiger partial charge in [-0.2, -0.15) is 0 Å². The van der Waals surface area contributed by atoms with Gasteiger partial charge in [-0.3, -0.25) is 4.79 Å². The van der Waals surface area contributed by atoms with E-state index >= 15 is 0 Å². The van der Waals surface area contributed by atoms with E-state index in [9.17, 15) is 9.59 Å². The standard InChI is InChI=1S/C8H9N3O5/c1-3-5(8(13)14)6(11-16-3)7(12)9-4(2)10-15/h15H,1-2H3,(H,13,14)(H,9,10,12). The lowest BCUT2D eigenvalue weighted by Crippen LogP contribution is -2.29. The SMILES string of the molecule is CC(=NO)NC(=O)c1noc(C)c1C(=O)O. The normalized spacial score (nSPS) is 11.2. The van der Waals surface area contributed by atoms with Gasteiger partial charge in [0.05, 0.1) is 0 Å². The zero-order chi connectivity index (χ0) is 12.3. The van der Waals surface area contributed by atoms with Crippen LogP contribution in [0.15, 0.2) is 9.68 Å². The van der Waals surface area contributed by atoms with E-state index in [1.165, 1.54) is 13.8 Å². The number of hydrogen-bond donors (Lipinski definition) is 3. The van der Waals surface area contributed by atoms with Crippen molar-refractivity contribution in [3.05, 3.63) is 17.0 Å². The molecule has 0 atom stereocenters. The third-order valence-corrected chi connectivity index (χ3v) is 1.74. The van der Waals surface area contributed by atoms with Gasteiger partial charge < -0.3 is 20.2 Å². The number of aromatic carboxylic acids is 1. The van der Waals surface area contributed by atoms with E-state index in [0.29, 0.717) is 0 Å². The van der Waals surface area contributed by atoms with Crippen LogP contribution in [0.25, 0.3) is 0 Å². The quantitative estimate of drug-likeness (QED) is 0.287. The summed E-state index contributed by atoms with van der Waals surface area (Å²) in [6, 6.07) is 0. The molecular weight excluding hydrogens is 218 g/mol. The number of hydrogen-bond acceptors (Lipinski definition) is 6. The van der Waals surface area contributed by atoms with Crippen molar-refractivity contribution < 1.29 is 24.4 Å². The molecule has 8 heteroatoms. The van der Waals surface area contributed by atoms with Crippen molar-refractivity contribution in [2.24, 2.45) is 5.16 Å². The van der Waals surface area contributed by atoms with E-state index in [0.717, 1.165) is 0 Å². The van der Waals surface area contributed by atoms with Gasteiger partial charge in [-0.05, 0) is 13.8 Å². The predicted molar refractivity (Wildman–Crippen MR) is 50.6 cm³/mol. The second-order valence-corrected chi connectivity index (χ2v) is 2.91. The molecule has 0 aliphatic carbocycles. The van der Waals surface area contributed by atoms with Gasteiger partial charge in [0.15, 0.2) is 5.69 Å². The van der Waals surface area contributed by atoms with Crippen molar-refractivity contribution in [2.75, 3.05) is 0 Å². The zero-order valence-corrected chi connectivity index (χ0v) is 8.51. The van der Waals surface area contributed by atoms with Gasteiger partial charge in [0.25, 0.3) is 5.91 Å². The molecule has 3 N–H and O–H groups in total. The summed E-state index contributed by atoms with van der Waals surface area (Å²) in [5.41, 5.74) is -0.684. The molecule has 1 amide bonds. The maximum atomic E-state index is 11.5. The first-order chi connectivity index (χ1) is 7.47. The monoisotopic (exact) mass is 227 g/mol. The molecule has 0 aromatic carbocycles. The van der Waals surface area contributed by atoms with E-state index in [2.05, 4.69) is 20.2 Å². The minimum atomic E-state index is -1.32. The van der Waals surface area contributed by atoms with Gasteiger partial charge in [0.2, 0.25) is 0 Å². The van der Waals surface area contributed by atoms with Crippen molar-refractivity contribution in [1.82, 2.24) is 10.5 Å². The number of nitrogens with zero attached hydrogens (tertiary/aromatic N) is 2. The summed E-state index contributed by atoms with van der Waals surface area (Å²) in [7, 11) is 0. The fourth-order valence-corrected chi connectivity index (χ4v) is 1.03. The molecule has 0 unspecified atom stereocenters.